The van der Waals surface area contributed by atoms with Crippen LogP contribution in [0.1, 0.15) is 10.4 Å². The minimum Gasteiger partial charge on any atom is -0.494 e. The van der Waals surface area contributed by atoms with E-state index in [-0.39, 0.29) is 12.5 Å². The van der Waals surface area contributed by atoms with Gasteiger partial charge in [0.2, 0.25) is 0 Å². The summed E-state index contributed by atoms with van der Waals surface area (Å²) in [6, 6.07) is 7.04. The number of methoxy groups -OCH3 is 1. The van der Waals surface area contributed by atoms with Gasteiger partial charge >= 0.3 is 0 Å². The lowest BCUT2D eigenvalue weighted by Gasteiger charge is -2.30. The molecule has 1 saturated heterocycles. The van der Waals surface area contributed by atoms with Gasteiger partial charge in [-0.05, 0) is 12.1 Å². The predicted molar refractivity (Wildman–Crippen MR) is 68.7 cm³/mol. The topological polar surface area (TPSA) is 88.6 Å². The Morgan fingerprint density at radius 3 is 3.11 bits per heavy atom. The summed E-state index contributed by atoms with van der Waals surface area (Å²) in [6.45, 7) is 1.07. The van der Waals surface area contributed by atoms with E-state index in [1.54, 1.807) is 23.1 Å². The van der Waals surface area contributed by atoms with Crippen molar-refractivity contribution in [3.8, 4) is 11.8 Å². The molecule has 6 nitrogen and oxygen atoms in total. The van der Waals surface area contributed by atoms with E-state index < -0.39 is 6.10 Å². The Hall–Kier alpha value is -2.26. The van der Waals surface area contributed by atoms with Crippen molar-refractivity contribution in [3.63, 3.8) is 0 Å². The van der Waals surface area contributed by atoms with Gasteiger partial charge in [0.25, 0.3) is 5.91 Å². The molecule has 0 saturated carbocycles. The van der Waals surface area contributed by atoms with Gasteiger partial charge in [0.15, 0.2) is 11.9 Å². The molecule has 2 N–H and O–H groups in total. The van der Waals surface area contributed by atoms with Crippen LogP contribution in [0.15, 0.2) is 18.2 Å². The maximum Gasteiger partial charge on any atom is 0.257 e. The van der Waals surface area contributed by atoms with Gasteiger partial charge in [0, 0.05) is 6.54 Å². The molecule has 1 atom stereocenters. The predicted octanol–water partition coefficient (Wildman–Crippen LogP) is 0.642. The first-order valence-electron chi connectivity index (χ1n) is 5.90. The van der Waals surface area contributed by atoms with Gasteiger partial charge < -0.3 is 20.1 Å². The zero-order valence-corrected chi connectivity index (χ0v) is 10.6. The molecule has 6 heteroatoms. The SMILES string of the molecule is COc1c(N)cccc1C(=O)N1CCOC(C#N)C1. The minimum atomic E-state index is -0.579. The Morgan fingerprint density at radius 1 is 1.63 bits per heavy atom. The maximum absolute atomic E-state index is 12.4. The van der Waals surface area contributed by atoms with Crippen molar-refractivity contribution in [2.45, 2.75) is 6.10 Å². The van der Waals surface area contributed by atoms with Crippen molar-refractivity contribution in [1.82, 2.24) is 4.90 Å². The minimum absolute atomic E-state index is 0.201. The fourth-order valence-corrected chi connectivity index (χ4v) is 2.03. The van der Waals surface area contributed by atoms with Gasteiger partial charge in [-0.3, -0.25) is 4.79 Å². The number of hydrogen-bond acceptors (Lipinski definition) is 5. The number of nitrogen functional groups attached to an aromatic ring is 1. The van der Waals surface area contributed by atoms with E-state index in [0.29, 0.717) is 30.2 Å². The highest BCUT2D eigenvalue weighted by molar-refractivity contribution is 5.98. The highest BCUT2D eigenvalue weighted by atomic mass is 16.5. The third-order valence-electron chi connectivity index (χ3n) is 2.98. The molecule has 0 aliphatic carbocycles. The summed E-state index contributed by atoms with van der Waals surface area (Å²) in [6.07, 6.45) is -0.579. The Balaban J connectivity index is 2.25. The van der Waals surface area contributed by atoms with E-state index in [2.05, 4.69) is 0 Å². The van der Waals surface area contributed by atoms with Gasteiger partial charge in [0.05, 0.1) is 37.6 Å². The highest BCUT2D eigenvalue weighted by Gasteiger charge is 2.27. The van der Waals surface area contributed by atoms with Gasteiger partial charge in [-0.1, -0.05) is 6.07 Å². The summed E-state index contributed by atoms with van der Waals surface area (Å²) in [7, 11) is 1.47. The molecule has 19 heavy (non-hydrogen) atoms. The third-order valence-corrected chi connectivity index (χ3v) is 2.98. The molecule has 1 unspecified atom stereocenters. The Morgan fingerprint density at radius 2 is 2.42 bits per heavy atom. The second-order valence-electron chi connectivity index (χ2n) is 4.17. The zero-order valence-electron chi connectivity index (χ0n) is 10.6. The van der Waals surface area contributed by atoms with Crippen LogP contribution in [0.3, 0.4) is 0 Å². The number of hydrogen-bond donors (Lipinski definition) is 1. The first kappa shape index (κ1) is 13.2. The van der Waals surface area contributed by atoms with Gasteiger partial charge in [-0.2, -0.15) is 5.26 Å². The van der Waals surface area contributed by atoms with Gasteiger partial charge in [-0.25, -0.2) is 0 Å². The molecular weight excluding hydrogens is 246 g/mol. The average Bonchev–Trinajstić information content (AvgIpc) is 2.46. The number of carbonyl (C=O) groups is 1. The summed E-state index contributed by atoms with van der Waals surface area (Å²) in [4.78, 5) is 14.0. The normalized spacial score (nSPS) is 18.7. The van der Waals surface area contributed by atoms with E-state index in [9.17, 15) is 4.79 Å². The van der Waals surface area contributed by atoms with Crippen LogP contribution in [0.4, 0.5) is 5.69 Å². The zero-order chi connectivity index (χ0) is 13.8. The molecule has 0 spiro atoms. The molecular formula is C13H15N3O3. The van der Waals surface area contributed by atoms with Crippen LogP contribution in [-0.2, 0) is 4.74 Å². The van der Waals surface area contributed by atoms with Gasteiger partial charge in [0.1, 0.15) is 0 Å². The summed E-state index contributed by atoms with van der Waals surface area (Å²) in [5, 5.41) is 8.85. The summed E-state index contributed by atoms with van der Waals surface area (Å²) < 4.78 is 10.4. The molecule has 2 rings (SSSR count). The van der Waals surface area contributed by atoms with Crippen LogP contribution in [0.2, 0.25) is 0 Å². The van der Waals surface area contributed by atoms with Crippen LogP contribution < -0.4 is 10.5 Å². The van der Waals surface area contributed by atoms with Crippen LogP contribution in [0, 0.1) is 11.3 Å². The lowest BCUT2D eigenvalue weighted by atomic mass is 10.1. The second kappa shape index (κ2) is 5.59. The Bertz CT molecular complexity index is 524. The quantitative estimate of drug-likeness (QED) is 0.789. The van der Waals surface area contributed by atoms with Crippen LogP contribution in [0.25, 0.3) is 0 Å². The standard InChI is InChI=1S/C13H15N3O3/c1-18-12-10(3-2-4-11(12)15)13(17)16-5-6-19-9(7-14)8-16/h2-4,9H,5-6,8,15H2,1H3. The first-order valence-corrected chi connectivity index (χ1v) is 5.90. The number of para-hydroxylation sites is 1. The Kier molecular flexibility index (Phi) is 3.88. The largest absolute Gasteiger partial charge is 0.494 e. The number of nitriles is 1. The molecule has 1 aromatic carbocycles. The number of nitrogens with two attached hydrogens (primary N) is 1. The summed E-state index contributed by atoms with van der Waals surface area (Å²) >= 11 is 0. The summed E-state index contributed by atoms with van der Waals surface area (Å²) in [5.41, 5.74) is 6.60. The lowest BCUT2D eigenvalue weighted by molar-refractivity contribution is 0.00334. The average molecular weight is 261 g/mol. The first-order chi connectivity index (χ1) is 9.17. The number of rotatable bonds is 2. The number of anilines is 1. The number of carbonyl (C=O) groups excluding carboxylic acids is 1. The molecule has 0 aromatic heterocycles. The van der Waals surface area contributed by atoms with Crippen molar-refractivity contribution in [2.24, 2.45) is 0 Å². The van der Waals surface area contributed by atoms with Gasteiger partial charge in [-0.15, -0.1) is 0 Å². The van der Waals surface area contributed by atoms with E-state index in [4.69, 9.17) is 20.5 Å². The van der Waals surface area contributed by atoms with Crippen molar-refractivity contribution in [3.05, 3.63) is 23.8 Å². The third kappa shape index (κ3) is 2.61. The van der Waals surface area contributed by atoms with Crippen molar-refractivity contribution in [2.75, 3.05) is 32.5 Å². The molecule has 1 aliphatic heterocycles. The second-order valence-corrected chi connectivity index (χ2v) is 4.17. The van der Waals surface area contributed by atoms with E-state index >= 15 is 0 Å². The number of amides is 1. The fourth-order valence-electron chi connectivity index (χ4n) is 2.03. The highest BCUT2D eigenvalue weighted by Crippen LogP contribution is 2.27. The fraction of sp³-hybridized carbons (Fsp3) is 0.385. The molecule has 1 amide bonds. The van der Waals surface area contributed by atoms with Crippen LogP contribution in [-0.4, -0.2) is 43.7 Å². The maximum atomic E-state index is 12.4. The number of nitrogens with zero attached hydrogens (tertiary/aromatic N) is 2. The smallest absolute Gasteiger partial charge is 0.257 e. The molecule has 0 radical (unpaired) electrons. The summed E-state index contributed by atoms with van der Waals surface area (Å²) in [5.74, 6) is 0.167. The number of ether oxygens (including phenoxy) is 2. The molecule has 1 aromatic rings. The molecule has 1 aliphatic rings. The monoisotopic (exact) mass is 261 g/mol. The Labute approximate surface area is 111 Å². The van der Waals surface area contributed by atoms with E-state index in [1.807, 2.05) is 6.07 Å². The molecule has 1 fully saturated rings. The molecule has 100 valence electrons. The number of morpholine rings is 1. The van der Waals surface area contributed by atoms with Crippen molar-refractivity contribution >= 4 is 11.6 Å². The van der Waals surface area contributed by atoms with E-state index in [1.165, 1.54) is 7.11 Å². The van der Waals surface area contributed by atoms with Crippen molar-refractivity contribution in [1.29, 1.82) is 5.26 Å². The molecule has 0 bridgehead atoms. The van der Waals surface area contributed by atoms with Crippen LogP contribution >= 0.6 is 0 Å². The van der Waals surface area contributed by atoms with Crippen molar-refractivity contribution < 1.29 is 14.3 Å². The molecule has 1 heterocycles. The lowest BCUT2D eigenvalue weighted by Crippen LogP contribution is -2.45. The van der Waals surface area contributed by atoms with Crippen LogP contribution in [0.5, 0.6) is 5.75 Å². The van der Waals surface area contributed by atoms with E-state index in [0.717, 1.165) is 0 Å². The number of benzene rings is 1.